The first kappa shape index (κ1) is 7.35. The molecule has 0 amide bonds. The van der Waals surface area contributed by atoms with Crippen LogP contribution in [0.4, 0.5) is 4.39 Å². The van der Waals surface area contributed by atoms with E-state index in [0.29, 0.717) is 5.02 Å². The summed E-state index contributed by atoms with van der Waals surface area (Å²) in [7, 11) is 1.41. The molecule has 1 radical (unpaired) electrons. The Morgan fingerprint density at radius 3 is 2.80 bits per heavy atom. The molecule has 0 unspecified atom stereocenters. The van der Waals surface area contributed by atoms with E-state index in [4.69, 9.17) is 16.3 Å². The molecule has 1 aromatic carbocycles. The first-order chi connectivity index (χ1) is 4.74. The third kappa shape index (κ3) is 1.39. The van der Waals surface area contributed by atoms with Crippen molar-refractivity contribution >= 4 is 11.6 Å². The molecule has 1 aromatic rings. The number of halogens is 2. The van der Waals surface area contributed by atoms with Crippen molar-refractivity contribution in [2.75, 3.05) is 7.11 Å². The van der Waals surface area contributed by atoms with Gasteiger partial charge in [0.1, 0.15) is 11.6 Å². The van der Waals surface area contributed by atoms with Crippen LogP contribution in [0, 0.1) is 11.9 Å². The molecule has 0 aromatic heterocycles. The van der Waals surface area contributed by atoms with Crippen molar-refractivity contribution in [3.8, 4) is 5.75 Å². The van der Waals surface area contributed by atoms with Gasteiger partial charge in [-0.15, -0.1) is 0 Å². The maximum atomic E-state index is 12.3. The summed E-state index contributed by atoms with van der Waals surface area (Å²) in [6.07, 6.45) is 0. The van der Waals surface area contributed by atoms with Crippen molar-refractivity contribution in [3.05, 3.63) is 29.0 Å². The van der Waals surface area contributed by atoms with Crippen LogP contribution in [0.3, 0.4) is 0 Å². The summed E-state index contributed by atoms with van der Waals surface area (Å²) >= 11 is 5.57. The van der Waals surface area contributed by atoms with Crippen LogP contribution in [0.5, 0.6) is 5.75 Å². The lowest BCUT2D eigenvalue weighted by Gasteiger charge is -1.99. The van der Waals surface area contributed by atoms with Crippen LogP contribution < -0.4 is 4.74 Å². The second kappa shape index (κ2) is 2.88. The van der Waals surface area contributed by atoms with Gasteiger partial charge in [0.25, 0.3) is 0 Å². The smallest absolute Gasteiger partial charge is 0.148 e. The molecule has 0 aliphatic carbocycles. The second-order valence-corrected chi connectivity index (χ2v) is 2.09. The number of rotatable bonds is 1. The first-order valence-electron chi connectivity index (χ1n) is 2.65. The van der Waals surface area contributed by atoms with Crippen molar-refractivity contribution in [2.45, 2.75) is 0 Å². The molecule has 0 aliphatic heterocycles. The Morgan fingerprint density at radius 2 is 2.30 bits per heavy atom. The monoisotopic (exact) mass is 159 g/mol. The number of ether oxygens (including phenoxy) is 1. The van der Waals surface area contributed by atoms with Crippen molar-refractivity contribution in [1.82, 2.24) is 0 Å². The van der Waals surface area contributed by atoms with Gasteiger partial charge in [0, 0.05) is 0 Å². The normalized spacial score (nSPS) is 9.50. The van der Waals surface area contributed by atoms with Crippen LogP contribution in [0.15, 0.2) is 12.1 Å². The number of benzene rings is 1. The third-order valence-corrected chi connectivity index (χ3v) is 1.33. The van der Waals surface area contributed by atoms with Gasteiger partial charge in [-0.2, -0.15) is 0 Å². The molecule has 0 fully saturated rings. The summed E-state index contributed by atoms with van der Waals surface area (Å²) in [4.78, 5) is 0. The first-order valence-corrected chi connectivity index (χ1v) is 3.03. The molecular weight excluding hydrogens is 155 g/mol. The highest BCUT2D eigenvalue weighted by molar-refractivity contribution is 6.32. The predicted molar refractivity (Wildman–Crippen MR) is 36.8 cm³/mol. The maximum Gasteiger partial charge on any atom is 0.148 e. The standard InChI is InChI=1S/C7H5ClFO/c1-10-7-4-5(9)2-3-6(7)8/h2-3H,1H3. The highest BCUT2D eigenvalue weighted by atomic mass is 35.5. The molecular formula is C7H5ClFO. The van der Waals surface area contributed by atoms with E-state index in [1.807, 2.05) is 0 Å². The molecule has 0 heterocycles. The Labute approximate surface area is 63.4 Å². The van der Waals surface area contributed by atoms with Gasteiger partial charge in [0.2, 0.25) is 0 Å². The SMILES string of the molecule is COc1[c]c(F)ccc1Cl. The van der Waals surface area contributed by atoms with E-state index in [2.05, 4.69) is 6.07 Å². The molecule has 1 nitrogen and oxygen atoms in total. The van der Waals surface area contributed by atoms with Gasteiger partial charge < -0.3 is 4.74 Å². The van der Waals surface area contributed by atoms with Crippen LogP contribution in [0.2, 0.25) is 5.02 Å². The van der Waals surface area contributed by atoms with E-state index in [0.717, 1.165) is 0 Å². The van der Waals surface area contributed by atoms with Crippen LogP contribution in [0.1, 0.15) is 0 Å². The summed E-state index contributed by atoms with van der Waals surface area (Å²) < 4.78 is 17.0. The Morgan fingerprint density at radius 1 is 1.60 bits per heavy atom. The molecule has 53 valence electrons. The van der Waals surface area contributed by atoms with Crippen LogP contribution in [-0.2, 0) is 0 Å². The Balaban J connectivity index is 3.09. The van der Waals surface area contributed by atoms with Gasteiger partial charge in [-0.3, -0.25) is 0 Å². The Hall–Kier alpha value is -0.760. The molecule has 0 atom stereocenters. The summed E-state index contributed by atoms with van der Waals surface area (Å²) in [6.45, 7) is 0. The minimum absolute atomic E-state index is 0.238. The van der Waals surface area contributed by atoms with Crippen molar-refractivity contribution in [3.63, 3.8) is 0 Å². The average molecular weight is 160 g/mol. The van der Waals surface area contributed by atoms with Gasteiger partial charge in [0.05, 0.1) is 18.2 Å². The van der Waals surface area contributed by atoms with Crippen molar-refractivity contribution in [2.24, 2.45) is 0 Å². The van der Waals surface area contributed by atoms with Crippen molar-refractivity contribution in [1.29, 1.82) is 0 Å². The number of hydrogen-bond donors (Lipinski definition) is 0. The lowest BCUT2D eigenvalue weighted by Crippen LogP contribution is -1.85. The molecule has 3 heteroatoms. The van der Waals surface area contributed by atoms with Crippen molar-refractivity contribution < 1.29 is 9.13 Å². The fourth-order valence-corrected chi connectivity index (χ4v) is 0.768. The Kier molecular flexibility index (Phi) is 2.12. The summed E-state index contributed by atoms with van der Waals surface area (Å²) in [5.74, 6) is -0.233. The van der Waals surface area contributed by atoms with E-state index >= 15 is 0 Å². The molecule has 0 saturated carbocycles. The molecule has 0 bridgehead atoms. The summed E-state index contributed by atoms with van der Waals surface area (Å²) in [5.41, 5.74) is 0. The minimum atomic E-state index is -0.471. The van der Waals surface area contributed by atoms with E-state index in [-0.39, 0.29) is 5.75 Å². The maximum absolute atomic E-state index is 12.3. The number of methoxy groups -OCH3 is 1. The fourth-order valence-electron chi connectivity index (χ4n) is 0.580. The summed E-state index contributed by atoms with van der Waals surface area (Å²) in [6, 6.07) is 4.95. The summed E-state index contributed by atoms with van der Waals surface area (Å²) in [5, 5.41) is 0.365. The van der Waals surface area contributed by atoms with E-state index in [9.17, 15) is 4.39 Å². The van der Waals surface area contributed by atoms with Crippen LogP contribution >= 0.6 is 11.6 Å². The minimum Gasteiger partial charge on any atom is -0.494 e. The molecule has 10 heavy (non-hydrogen) atoms. The topological polar surface area (TPSA) is 9.23 Å². The van der Waals surface area contributed by atoms with Gasteiger partial charge >= 0.3 is 0 Å². The molecule has 0 aliphatic rings. The molecule has 1 rings (SSSR count). The Bertz CT molecular complexity index is 237. The zero-order chi connectivity index (χ0) is 7.56. The van der Waals surface area contributed by atoms with Gasteiger partial charge in [-0.05, 0) is 12.1 Å². The van der Waals surface area contributed by atoms with Gasteiger partial charge in [-0.1, -0.05) is 11.6 Å². The quantitative estimate of drug-likeness (QED) is 0.611. The lowest BCUT2D eigenvalue weighted by molar-refractivity contribution is 0.410. The predicted octanol–water partition coefficient (Wildman–Crippen LogP) is 2.29. The van der Waals surface area contributed by atoms with E-state index in [1.54, 1.807) is 0 Å². The molecule has 0 N–H and O–H groups in total. The zero-order valence-electron chi connectivity index (χ0n) is 5.32. The average Bonchev–Trinajstić information content (AvgIpc) is 1.94. The highest BCUT2D eigenvalue weighted by Gasteiger charge is 2.00. The lowest BCUT2D eigenvalue weighted by atomic mass is 10.3. The number of hydrogen-bond acceptors (Lipinski definition) is 1. The molecule has 0 spiro atoms. The van der Waals surface area contributed by atoms with Gasteiger partial charge in [0.15, 0.2) is 0 Å². The van der Waals surface area contributed by atoms with E-state index < -0.39 is 5.82 Å². The van der Waals surface area contributed by atoms with Gasteiger partial charge in [-0.25, -0.2) is 4.39 Å². The third-order valence-electron chi connectivity index (χ3n) is 1.03. The largest absolute Gasteiger partial charge is 0.494 e. The highest BCUT2D eigenvalue weighted by Crippen LogP contribution is 2.23. The fraction of sp³-hybridized carbons (Fsp3) is 0.143. The molecule has 0 saturated heterocycles. The van der Waals surface area contributed by atoms with Crippen LogP contribution in [0.25, 0.3) is 0 Å². The second-order valence-electron chi connectivity index (χ2n) is 1.69. The zero-order valence-corrected chi connectivity index (χ0v) is 6.07. The van der Waals surface area contributed by atoms with E-state index in [1.165, 1.54) is 19.2 Å². The van der Waals surface area contributed by atoms with Crippen LogP contribution in [-0.4, -0.2) is 7.11 Å².